The largest absolute Gasteiger partial charge is 0.351 e. The number of hydrogen-bond donors (Lipinski definition) is 2. The Morgan fingerprint density at radius 1 is 1.42 bits per heavy atom. The van der Waals surface area contributed by atoms with Crippen molar-refractivity contribution in [2.75, 3.05) is 18.8 Å². The molecule has 0 aromatic carbocycles. The van der Waals surface area contributed by atoms with Crippen LogP contribution in [0.3, 0.4) is 0 Å². The first-order chi connectivity index (χ1) is 8.92. The molecule has 0 bridgehead atoms. The monoisotopic (exact) mass is 286 g/mol. The lowest BCUT2D eigenvalue weighted by molar-refractivity contribution is -0.119. The quantitative estimate of drug-likeness (QED) is 0.553. The van der Waals surface area contributed by atoms with Gasteiger partial charge in [0, 0.05) is 12.1 Å². The van der Waals surface area contributed by atoms with Crippen molar-refractivity contribution in [2.24, 2.45) is 0 Å². The summed E-state index contributed by atoms with van der Waals surface area (Å²) >= 11 is 1.35. The molecule has 8 heteroatoms. The number of carbonyl (C=O) groups excluding carboxylic acids is 1. The average Bonchev–Trinajstić information content (AvgIpc) is 2.72. The third-order valence-corrected chi connectivity index (χ3v) is 3.05. The minimum absolute atomic E-state index is 0.0151. The van der Waals surface area contributed by atoms with Crippen LogP contribution in [0.15, 0.2) is 5.16 Å². The van der Waals surface area contributed by atoms with Crippen LogP contribution in [-0.2, 0) is 11.3 Å². The summed E-state index contributed by atoms with van der Waals surface area (Å²) in [6.45, 7) is 10.3. The number of thioether (sulfide) groups is 1. The van der Waals surface area contributed by atoms with Crippen LogP contribution in [0, 0.1) is 0 Å². The van der Waals surface area contributed by atoms with E-state index in [0.717, 1.165) is 13.1 Å². The Bertz CT molecular complexity index is 400. The zero-order valence-electron chi connectivity index (χ0n) is 11.9. The van der Waals surface area contributed by atoms with Crippen molar-refractivity contribution < 1.29 is 4.79 Å². The summed E-state index contributed by atoms with van der Waals surface area (Å²) in [5.74, 6) is 0.303. The number of nitrogens with zero attached hydrogens (tertiary/aromatic N) is 4. The molecule has 0 atom stereocenters. The average molecular weight is 286 g/mol. The van der Waals surface area contributed by atoms with Crippen molar-refractivity contribution in [3.8, 4) is 0 Å². The number of hydrogen-bond acceptors (Lipinski definition) is 6. The molecule has 0 radical (unpaired) electrons. The van der Waals surface area contributed by atoms with E-state index in [4.69, 9.17) is 0 Å². The van der Waals surface area contributed by atoms with E-state index in [2.05, 4.69) is 26.2 Å². The maximum Gasteiger partial charge on any atom is 0.230 e. The fraction of sp³-hybridized carbons (Fsp3) is 0.818. The lowest BCUT2D eigenvalue weighted by Crippen LogP contribution is -2.41. The van der Waals surface area contributed by atoms with E-state index in [-0.39, 0.29) is 11.4 Å². The van der Waals surface area contributed by atoms with Crippen molar-refractivity contribution in [1.82, 2.24) is 30.8 Å². The highest BCUT2D eigenvalue weighted by Crippen LogP contribution is 2.13. The summed E-state index contributed by atoms with van der Waals surface area (Å²) in [4.78, 5) is 11.7. The first-order valence-electron chi connectivity index (χ1n) is 6.33. The van der Waals surface area contributed by atoms with Gasteiger partial charge in [0.2, 0.25) is 11.1 Å². The van der Waals surface area contributed by atoms with Gasteiger partial charge in [0.1, 0.15) is 0 Å². The molecule has 1 rings (SSSR count). The predicted molar refractivity (Wildman–Crippen MR) is 75.0 cm³/mol. The molecular formula is C11H22N6OS. The SMILES string of the molecule is CCNCCn1nnnc1SCC(=O)NC(C)(C)C. The van der Waals surface area contributed by atoms with Crippen molar-refractivity contribution in [3.05, 3.63) is 0 Å². The molecule has 1 heterocycles. The molecule has 7 nitrogen and oxygen atoms in total. The first-order valence-corrected chi connectivity index (χ1v) is 7.31. The number of amides is 1. The summed E-state index contributed by atoms with van der Waals surface area (Å²) in [5.41, 5.74) is -0.214. The molecule has 0 aliphatic carbocycles. The molecule has 0 fully saturated rings. The van der Waals surface area contributed by atoms with E-state index in [0.29, 0.717) is 17.5 Å². The molecule has 0 spiro atoms. The van der Waals surface area contributed by atoms with Gasteiger partial charge < -0.3 is 10.6 Å². The Morgan fingerprint density at radius 3 is 2.79 bits per heavy atom. The number of tetrazole rings is 1. The maximum atomic E-state index is 11.7. The summed E-state index contributed by atoms with van der Waals surface area (Å²) in [5, 5.41) is 18.2. The number of carbonyl (C=O) groups is 1. The van der Waals surface area contributed by atoms with Gasteiger partial charge in [-0.1, -0.05) is 18.7 Å². The molecule has 1 aromatic rings. The Labute approximate surface area is 117 Å². The van der Waals surface area contributed by atoms with Crippen LogP contribution in [0.1, 0.15) is 27.7 Å². The topological polar surface area (TPSA) is 84.7 Å². The molecular weight excluding hydrogens is 264 g/mol. The summed E-state index contributed by atoms with van der Waals surface area (Å²) < 4.78 is 1.71. The molecule has 1 aromatic heterocycles. The number of aromatic nitrogens is 4. The van der Waals surface area contributed by atoms with Gasteiger partial charge in [-0.2, -0.15) is 0 Å². The van der Waals surface area contributed by atoms with Crippen LogP contribution >= 0.6 is 11.8 Å². The van der Waals surface area contributed by atoms with E-state index in [1.165, 1.54) is 11.8 Å². The number of likely N-dealkylation sites (N-methyl/N-ethyl adjacent to an activating group) is 1. The van der Waals surface area contributed by atoms with E-state index in [9.17, 15) is 4.79 Å². The minimum Gasteiger partial charge on any atom is -0.351 e. The van der Waals surface area contributed by atoms with Crippen molar-refractivity contribution in [3.63, 3.8) is 0 Å². The van der Waals surface area contributed by atoms with E-state index < -0.39 is 0 Å². The Hall–Kier alpha value is -1.15. The normalized spacial score (nSPS) is 11.6. The molecule has 1 amide bonds. The third kappa shape index (κ3) is 6.53. The molecule has 108 valence electrons. The van der Waals surface area contributed by atoms with Crippen molar-refractivity contribution in [1.29, 1.82) is 0 Å². The zero-order valence-corrected chi connectivity index (χ0v) is 12.8. The van der Waals surface area contributed by atoms with Crippen LogP contribution in [0.2, 0.25) is 0 Å². The predicted octanol–water partition coefficient (Wildman–Crippen LogP) is 0.289. The third-order valence-electron chi connectivity index (χ3n) is 2.10. The van der Waals surface area contributed by atoms with Gasteiger partial charge in [-0.25, -0.2) is 4.68 Å². The second kappa shape index (κ2) is 7.44. The van der Waals surface area contributed by atoms with Crippen LogP contribution in [0.5, 0.6) is 0 Å². The van der Waals surface area contributed by atoms with Crippen LogP contribution < -0.4 is 10.6 Å². The first kappa shape index (κ1) is 15.9. The standard InChI is InChI=1S/C11H22N6OS/c1-5-12-6-7-17-10(14-15-16-17)19-8-9(18)13-11(2,3)4/h12H,5-8H2,1-4H3,(H,13,18). The number of nitrogens with one attached hydrogen (secondary N) is 2. The Morgan fingerprint density at radius 2 is 2.16 bits per heavy atom. The maximum absolute atomic E-state index is 11.7. The molecule has 0 aliphatic rings. The Balaban J connectivity index is 2.41. The second-order valence-corrected chi connectivity index (χ2v) is 6.07. The molecule has 0 saturated heterocycles. The highest BCUT2D eigenvalue weighted by Gasteiger charge is 2.15. The van der Waals surface area contributed by atoms with E-state index in [1.54, 1.807) is 4.68 Å². The fourth-order valence-electron chi connectivity index (χ4n) is 1.39. The van der Waals surface area contributed by atoms with Crippen molar-refractivity contribution in [2.45, 2.75) is 44.9 Å². The molecule has 0 saturated carbocycles. The lowest BCUT2D eigenvalue weighted by atomic mass is 10.1. The minimum atomic E-state index is -0.214. The molecule has 0 aliphatic heterocycles. The fourth-order valence-corrected chi connectivity index (χ4v) is 2.09. The van der Waals surface area contributed by atoms with Gasteiger partial charge in [0.25, 0.3) is 0 Å². The van der Waals surface area contributed by atoms with Crippen LogP contribution in [-0.4, -0.2) is 50.5 Å². The summed E-state index contributed by atoms with van der Waals surface area (Å²) in [6, 6.07) is 0. The van der Waals surface area contributed by atoms with Gasteiger partial charge in [-0.05, 0) is 37.7 Å². The van der Waals surface area contributed by atoms with E-state index >= 15 is 0 Å². The van der Waals surface area contributed by atoms with Gasteiger partial charge >= 0.3 is 0 Å². The van der Waals surface area contributed by atoms with Gasteiger partial charge in [0.05, 0.1) is 12.3 Å². The van der Waals surface area contributed by atoms with Crippen LogP contribution in [0.4, 0.5) is 0 Å². The second-order valence-electron chi connectivity index (χ2n) is 5.13. The molecule has 19 heavy (non-hydrogen) atoms. The Kier molecular flexibility index (Phi) is 6.23. The smallest absolute Gasteiger partial charge is 0.230 e. The van der Waals surface area contributed by atoms with E-state index in [1.807, 2.05) is 27.7 Å². The summed E-state index contributed by atoms with van der Waals surface area (Å²) in [7, 11) is 0. The highest BCUT2D eigenvalue weighted by atomic mass is 32.2. The van der Waals surface area contributed by atoms with Gasteiger partial charge in [0.15, 0.2) is 0 Å². The zero-order chi connectivity index (χ0) is 14.3. The molecule has 2 N–H and O–H groups in total. The summed E-state index contributed by atoms with van der Waals surface area (Å²) in [6.07, 6.45) is 0. The van der Waals surface area contributed by atoms with Crippen LogP contribution in [0.25, 0.3) is 0 Å². The highest BCUT2D eigenvalue weighted by molar-refractivity contribution is 7.99. The lowest BCUT2D eigenvalue weighted by Gasteiger charge is -2.20. The van der Waals surface area contributed by atoms with Crippen molar-refractivity contribution >= 4 is 17.7 Å². The number of rotatable bonds is 7. The molecule has 0 unspecified atom stereocenters. The van der Waals surface area contributed by atoms with Gasteiger partial charge in [-0.15, -0.1) is 5.10 Å². The van der Waals surface area contributed by atoms with Gasteiger partial charge in [-0.3, -0.25) is 4.79 Å².